The van der Waals surface area contributed by atoms with Crippen LogP contribution in [0.1, 0.15) is 22.5 Å². The van der Waals surface area contributed by atoms with Gasteiger partial charge in [-0.15, -0.1) is 11.6 Å². The lowest BCUT2D eigenvalue weighted by atomic mass is 10.0. The van der Waals surface area contributed by atoms with E-state index >= 15 is 0 Å². The maximum atomic E-state index is 6.34. The minimum absolute atomic E-state index is 0.0863. The average molecular weight is 249 g/mol. The van der Waals surface area contributed by atoms with Crippen LogP contribution in [0.5, 0.6) is 0 Å². The van der Waals surface area contributed by atoms with E-state index in [1.165, 1.54) is 16.7 Å². The van der Waals surface area contributed by atoms with Crippen molar-refractivity contribution >= 4 is 11.6 Å². The van der Waals surface area contributed by atoms with Crippen molar-refractivity contribution in [2.45, 2.75) is 32.1 Å². The molecule has 90 valence electrons. The van der Waals surface area contributed by atoms with Gasteiger partial charge in [-0.2, -0.15) is 0 Å². The summed E-state index contributed by atoms with van der Waals surface area (Å²) >= 11 is 6.34. The number of H-pyrrole nitrogens is 1. The van der Waals surface area contributed by atoms with Crippen LogP contribution in [0.3, 0.4) is 0 Å². The van der Waals surface area contributed by atoms with Crippen molar-refractivity contribution in [2.24, 2.45) is 0 Å². The smallest absolute Gasteiger partial charge is 0.107 e. The Morgan fingerprint density at radius 1 is 1.24 bits per heavy atom. The molecule has 17 heavy (non-hydrogen) atoms. The molecule has 0 saturated carbocycles. The molecule has 0 aliphatic rings. The van der Waals surface area contributed by atoms with E-state index in [-0.39, 0.29) is 5.38 Å². The van der Waals surface area contributed by atoms with E-state index in [0.717, 1.165) is 18.7 Å². The highest BCUT2D eigenvalue weighted by Crippen LogP contribution is 2.15. The number of nitrogens with zero attached hydrogens (tertiary/aromatic N) is 1. The van der Waals surface area contributed by atoms with Crippen LogP contribution in [-0.4, -0.2) is 15.3 Å². The highest BCUT2D eigenvalue weighted by Gasteiger charge is 2.09. The molecule has 0 saturated heterocycles. The van der Waals surface area contributed by atoms with Crippen LogP contribution in [0.2, 0.25) is 0 Å². The Morgan fingerprint density at radius 3 is 2.71 bits per heavy atom. The zero-order chi connectivity index (χ0) is 12.3. The third-order valence-corrected chi connectivity index (χ3v) is 3.31. The van der Waals surface area contributed by atoms with Crippen molar-refractivity contribution in [2.75, 3.05) is 0 Å². The Morgan fingerprint density at radius 2 is 2.06 bits per heavy atom. The summed E-state index contributed by atoms with van der Waals surface area (Å²) in [5.74, 6) is 0.953. The maximum Gasteiger partial charge on any atom is 0.107 e. The van der Waals surface area contributed by atoms with Crippen LogP contribution in [0.15, 0.2) is 30.6 Å². The summed E-state index contributed by atoms with van der Waals surface area (Å²) in [6.45, 7) is 4.26. The highest BCUT2D eigenvalue weighted by atomic mass is 35.5. The Hall–Kier alpha value is -1.28. The van der Waals surface area contributed by atoms with Gasteiger partial charge in [0.25, 0.3) is 0 Å². The number of halogens is 1. The fourth-order valence-electron chi connectivity index (χ4n) is 1.88. The predicted molar refractivity (Wildman–Crippen MR) is 71.6 cm³/mol. The summed E-state index contributed by atoms with van der Waals surface area (Å²) in [5.41, 5.74) is 3.94. The van der Waals surface area contributed by atoms with Gasteiger partial charge in [-0.1, -0.05) is 18.2 Å². The molecular formula is C14H17ClN2. The average Bonchev–Trinajstić information content (AvgIpc) is 2.76. The molecule has 1 aromatic heterocycles. The zero-order valence-electron chi connectivity index (χ0n) is 10.2. The van der Waals surface area contributed by atoms with Gasteiger partial charge in [-0.25, -0.2) is 4.98 Å². The highest BCUT2D eigenvalue weighted by molar-refractivity contribution is 6.20. The van der Waals surface area contributed by atoms with Crippen molar-refractivity contribution in [1.82, 2.24) is 9.97 Å². The Bertz CT molecular complexity index is 477. The van der Waals surface area contributed by atoms with Crippen LogP contribution in [-0.2, 0) is 12.8 Å². The van der Waals surface area contributed by atoms with E-state index in [1.54, 1.807) is 6.20 Å². The molecule has 3 heteroatoms. The van der Waals surface area contributed by atoms with E-state index in [1.807, 2.05) is 6.20 Å². The zero-order valence-corrected chi connectivity index (χ0v) is 11.0. The Labute approximate surface area is 107 Å². The van der Waals surface area contributed by atoms with Crippen LogP contribution in [0, 0.1) is 13.8 Å². The lowest BCUT2D eigenvalue weighted by molar-refractivity contribution is 0.791. The number of nitrogens with one attached hydrogen (secondary N) is 1. The van der Waals surface area contributed by atoms with Gasteiger partial charge in [0.1, 0.15) is 5.82 Å². The van der Waals surface area contributed by atoms with E-state index in [4.69, 9.17) is 11.6 Å². The van der Waals surface area contributed by atoms with Gasteiger partial charge in [-0.05, 0) is 37.0 Å². The molecule has 1 atom stereocenters. The van der Waals surface area contributed by atoms with Crippen molar-refractivity contribution in [3.05, 3.63) is 53.1 Å². The molecule has 1 unspecified atom stereocenters. The molecule has 2 aromatic rings. The van der Waals surface area contributed by atoms with Crippen molar-refractivity contribution in [1.29, 1.82) is 0 Å². The van der Waals surface area contributed by atoms with Crippen molar-refractivity contribution in [3.63, 3.8) is 0 Å². The molecule has 0 aliphatic heterocycles. The van der Waals surface area contributed by atoms with Crippen molar-refractivity contribution in [3.8, 4) is 0 Å². The van der Waals surface area contributed by atoms with E-state index in [0.29, 0.717) is 0 Å². The first kappa shape index (κ1) is 12.2. The van der Waals surface area contributed by atoms with Gasteiger partial charge in [0.15, 0.2) is 0 Å². The number of hydrogen-bond acceptors (Lipinski definition) is 1. The fraction of sp³-hybridized carbons (Fsp3) is 0.357. The molecule has 0 bridgehead atoms. The summed E-state index contributed by atoms with van der Waals surface area (Å²) in [6, 6.07) is 6.52. The lowest BCUT2D eigenvalue weighted by Crippen LogP contribution is -2.08. The molecule has 0 amide bonds. The lowest BCUT2D eigenvalue weighted by Gasteiger charge is -2.09. The number of aryl methyl sites for hydroxylation is 2. The number of aromatic nitrogens is 2. The van der Waals surface area contributed by atoms with Crippen LogP contribution < -0.4 is 0 Å². The van der Waals surface area contributed by atoms with Gasteiger partial charge in [0.2, 0.25) is 0 Å². The van der Waals surface area contributed by atoms with Gasteiger partial charge < -0.3 is 4.98 Å². The number of rotatable bonds is 4. The van der Waals surface area contributed by atoms with E-state index < -0.39 is 0 Å². The minimum Gasteiger partial charge on any atom is -0.349 e. The summed E-state index contributed by atoms with van der Waals surface area (Å²) in [7, 11) is 0. The summed E-state index contributed by atoms with van der Waals surface area (Å²) in [4.78, 5) is 7.27. The van der Waals surface area contributed by atoms with Gasteiger partial charge in [0, 0.05) is 24.2 Å². The second-order valence-electron chi connectivity index (χ2n) is 4.46. The SMILES string of the molecule is Cc1ccc(CC(Cl)Cc2ncc[nH]2)cc1C. The standard InChI is InChI=1S/C14H17ClN2/c1-10-3-4-12(7-11(10)2)8-13(15)9-14-16-5-6-17-14/h3-7,13H,8-9H2,1-2H3,(H,16,17). The van der Waals surface area contributed by atoms with Crippen molar-refractivity contribution < 1.29 is 0 Å². The van der Waals surface area contributed by atoms with Gasteiger partial charge >= 0.3 is 0 Å². The molecule has 2 rings (SSSR count). The molecule has 0 fully saturated rings. The first-order chi connectivity index (χ1) is 8.15. The molecule has 0 radical (unpaired) electrons. The van der Waals surface area contributed by atoms with Gasteiger partial charge in [-0.3, -0.25) is 0 Å². The Kier molecular flexibility index (Phi) is 3.85. The Balaban J connectivity index is 1.98. The third kappa shape index (κ3) is 3.34. The second kappa shape index (κ2) is 5.37. The summed E-state index contributed by atoms with van der Waals surface area (Å²) in [6.07, 6.45) is 5.24. The number of aromatic amines is 1. The van der Waals surface area contributed by atoms with E-state index in [2.05, 4.69) is 42.0 Å². The topological polar surface area (TPSA) is 28.7 Å². The number of hydrogen-bond donors (Lipinski definition) is 1. The molecule has 1 heterocycles. The normalized spacial score (nSPS) is 12.6. The molecular weight excluding hydrogens is 232 g/mol. The first-order valence-electron chi connectivity index (χ1n) is 5.83. The summed E-state index contributed by atoms with van der Waals surface area (Å²) < 4.78 is 0. The fourth-order valence-corrected chi connectivity index (χ4v) is 2.20. The monoisotopic (exact) mass is 248 g/mol. The van der Waals surface area contributed by atoms with E-state index in [9.17, 15) is 0 Å². The third-order valence-electron chi connectivity index (χ3n) is 3.00. The summed E-state index contributed by atoms with van der Waals surface area (Å²) in [5, 5.41) is 0.0863. The first-order valence-corrected chi connectivity index (χ1v) is 6.27. The second-order valence-corrected chi connectivity index (χ2v) is 5.08. The minimum atomic E-state index is 0.0863. The van der Waals surface area contributed by atoms with Crippen LogP contribution >= 0.6 is 11.6 Å². The number of imidazole rings is 1. The largest absolute Gasteiger partial charge is 0.349 e. The maximum absolute atomic E-state index is 6.34. The number of benzene rings is 1. The number of alkyl halides is 1. The molecule has 0 aliphatic carbocycles. The predicted octanol–water partition coefficient (Wildman–Crippen LogP) is 3.42. The van der Waals surface area contributed by atoms with Gasteiger partial charge in [0.05, 0.1) is 0 Å². The quantitative estimate of drug-likeness (QED) is 0.826. The molecule has 0 spiro atoms. The molecule has 2 nitrogen and oxygen atoms in total. The molecule has 1 aromatic carbocycles. The van der Waals surface area contributed by atoms with Crippen LogP contribution in [0.4, 0.5) is 0 Å². The molecule has 1 N–H and O–H groups in total. The van der Waals surface area contributed by atoms with Crippen LogP contribution in [0.25, 0.3) is 0 Å².